The van der Waals surface area contributed by atoms with E-state index >= 15 is 0 Å². The van der Waals surface area contributed by atoms with Gasteiger partial charge in [-0.1, -0.05) is 25.7 Å². The van der Waals surface area contributed by atoms with Gasteiger partial charge in [0, 0.05) is 0 Å². The van der Waals surface area contributed by atoms with E-state index in [1.807, 2.05) is 0 Å². The van der Waals surface area contributed by atoms with Crippen LogP contribution in [0.5, 0.6) is 0 Å². The standard InChI is InChI=1S/C13H18O8/c14-9(15)8(6-5-7-3-1-2-4-7)13(10(16)17,11(18)19)12(20)21/h7-8H,1-6H2,(H,14,15)(H,16,17)(H,18,19)(H,20,21). The van der Waals surface area contributed by atoms with Crippen LogP contribution in [0.3, 0.4) is 0 Å². The lowest BCUT2D eigenvalue weighted by molar-refractivity contribution is -0.186. The van der Waals surface area contributed by atoms with Gasteiger partial charge in [-0.15, -0.1) is 0 Å². The van der Waals surface area contributed by atoms with Crippen molar-refractivity contribution in [1.82, 2.24) is 0 Å². The molecule has 1 saturated carbocycles. The van der Waals surface area contributed by atoms with Crippen molar-refractivity contribution in [2.45, 2.75) is 38.5 Å². The second-order valence-electron chi connectivity index (χ2n) is 5.34. The van der Waals surface area contributed by atoms with Crippen molar-refractivity contribution in [1.29, 1.82) is 0 Å². The van der Waals surface area contributed by atoms with Crippen LogP contribution in [0.1, 0.15) is 38.5 Å². The van der Waals surface area contributed by atoms with Crippen molar-refractivity contribution in [2.24, 2.45) is 17.3 Å². The fourth-order valence-electron chi connectivity index (χ4n) is 2.95. The SMILES string of the molecule is O=C(O)C(CCC1CCCC1)C(C(=O)O)(C(=O)O)C(=O)O. The molecule has 0 aromatic heterocycles. The third-order valence-electron chi connectivity index (χ3n) is 4.17. The van der Waals surface area contributed by atoms with Crippen LogP contribution in [0.25, 0.3) is 0 Å². The first-order valence-electron chi connectivity index (χ1n) is 6.67. The molecular weight excluding hydrogens is 284 g/mol. The summed E-state index contributed by atoms with van der Waals surface area (Å²) in [6, 6.07) is 0. The van der Waals surface area contributed by atoms with Crippen molar-refractivity contribution in [3.05, 3.63) is 0 Å². The zero-order valence-corrected chi connectivity index (χ0v) is 11.3. The molecule has 0 radical (unpaired) electrons. The van der Waals surface area contributed by atoms with E-state index in [-0.39, 0.29) is 12.3 Å². The van der Waals surface area contributed by atoms with Crippen LogP contribution in [0.4, 0.5) is 0 Å². The van der Waals surface area contributed by atoms with Gasteiger partial charge in [0.15, 0.2) is 0 Å². The Morgan fingerprint density at radius 1 is 0.905 bits per heavy atom. The highest BCUT2D eigenvalue weighted by molar-refractivity contribution is 6.18. The van der Waals surface area contributed by atoms with Crippen LogP contribution < -0.4 is 0 Å². The lowest BCUT2D eigenvalue weighted by Crippen LogP contribution is -2.54. The van der Waals surface area contributed by atoms with E-state index in [2.05, 4.69) is 0 Å². The molecule has 0 spiro atoms. The van der Waals surface area contributed by atoms with Crippen molar-refractivity contribution in [3.8, 4) is 0 Å². The number of rotatable bonds is 8. The fraction of sp³-hybridized carbons (Fsp3) is 0.692. The summed E-state index contributed by atoms with van der Waals surface area (Å²) in [5.74, 6) is -10.0. The molecule has 8 nitrogen and oxygen atoms in total. The lowest BCUT2D eigenvalue weighted by Gasteiger charge is -2.27. The summed E-state index contributed by atoms with van der Waals surface area (Å²) in [7, 11) is 0. The molecule has 1 aliphatic rings. The second-order valence-corrected chi connectivity index (χ2v) is 5.34. The Bertz CT molecular complexity index is 413. The van der Waals surface area contributed by atoms with Gasteiger partial charge in [-0.25, -0.2) is 0 Å². The molecule has 1 fully saturated rings. The van der Waals surface area contributed by atoms with Crippen LogP contribution in [0, 0.1) is 17.3 Å². The van der Waals surface area contributed by atoms with E-state index in [0.717, 1.165) is 25.7 Å². The number of hydrogen-bond acceptors (Lipinski definition) is 4. The Labute approximate surface area is 120 Å². The summed E-state index contributed by atoms with van der Waals surface area (Å²) in [5, 5.41) is 36.3. The molecule has 0 aromatic carbocycles. The minimum Gasteiger partial charge on any atom is -0.481 e. The van der Waals surface area contributed by atoms with Crippen molar-refractivity contribution < 1.29 is 39.6 Å². The maximum absolute atomic E-state index is 11.3. The Kier molecular flexibility index (Phi) is 5.28. The van der Waals surface area contributed by atoms with Crippen LogP contribution in [0.2, 0.25) is 0 Å². The van der Waals surface area contributed by atoms with Crippen LogP contribution >= 0.6 is 0 Å². The predicted molar refractivity (Wildman–Crippen MR) is 67.7 cm³/mol. The average Bonchev–Trinajstić information content (AvgIpc) is 2.85. The zero-order chi connectivity index (χ0) is 16.2. The predicted octanol–water partition coefficient (Wildman–Crippen LogP) is 0.898. The topological polar surface area (TPSA) is 149 Å². The van der Waals surface area contributed by atoms with Crippen LogP contribution in [-0.2, 0) is 19.2 Å². The quantitative estimate of drug-likeness (QED) is 0.483. The Balaban J connectivity index is 3.07. The largest absolute Gasteiger partial charge is 0.481 e. The minimum absolute atomic E-state index is 0.195. The van der Waals surface area contributed by atoms with Crippen molar-refractivity contribution >= 4 is 23.9 Å². The number of aliphatic carboxylic acids is 4. The van der Waals surface area contributed by atoms with Gasteiger partial charge in [-0.3, -0.25) is 19.2 Å². The molecule has 0 saturated heterocycles. The van der Waals surface area contributed by atoms with E-state index in [1.165, 1.54) is 0 Å². The average molecular weight is 302 g/mol. The zero-order valence-electron chi connectivity index (χ0n) is 11.3. The molecular formula is C13H18O8. The number of carbonyl (C=O) groups is 4. The van der Waals surface area contributed by atoms with E-state index in [9.17, 15) is 19.2 Å². The molecule has 1 rings (SSSR count). The molecule has 1 aliphatic carbocycles. The maximum Gasteiger partial charge on any atom is 0.333 e. The number of hydrogen-bond donors (Lipinski definition) is 4. The van der Waals surface area contributed by atoms with Crippen molar-refractivity contribution in [2.75, 3.05) is 0 Å². The highest BCUT2D eigenvalue weighted by Crippen LogP contribution is 2.37. The van der Waals surface area contributed by atoms with Gasteiger partial charge in [0.2, 0.25) is 0 Å². The van der Waals surface area contributed by atoms with Gasteiger partial charge in [-0.2, -0.15) is 0 Å². The third kappa shape index (κ3) is 3.14. The lowest BCUT2D eigenvalue weighted by atomic mass is 9.72. The highest BCUT2D eigenvalue weighted by Gasteiger charge is 2.62. The molecule has 1 atom stereocenters. The summed E-state index contributed by atoms with van der Waals surface area (Å²) in [5.41, 5.74) is -3.36. The molecule has 8 heteroatoms. The summed E-state index contributed by atoms with van der Waals surface area (Å²) < 4.78 is 0. The molecule has 0 aromatic rings. The van der Waals surface area contributed by atoms with Crippen LogP contribution in [0.15, 0.2) is 0 Å². The van der Waals surface area contributed by atoms with E-state index < -0.39 is 35.2 Å². The van der Waals surface area contributed by atoms with Gasteiger partial charge in [0.05, 0.1) is 5.92 Å². The van der Waals surface area contributed by atoms with Gasteiger partial charge < -0.3 is 20.4 Å². The summed E-state index contributed by atoms with van der Waals surface area (Å²) in [6.45, 7) is 0. The Morgan fingerprint density at radius 2 is 1.33 bits per heavy atom. The smallest absolute Gasteiger partial charge is 0.333 e. The molecule has 0 heterocycles. The highest BCUT2D eigenvalue weighted by atomic mass is 16.4. The molecule has 21 heavy (non-hydrogen) atoms. The Hall–Kier alpha value is -2.12. The number of carboxylic acid groups (broad SMARTS) is 4. The summed E-state index contributed by atoms with van der Waals surface area (Å²) in [6.07, 6.45) is 3.74. The summed E-state index contributed by atoms with van der Waals surface area (Å²) in [4.78, 5) is 44.9. The second kappa shape index (κ2) is 6.55. The summed E-state index contributed by atoms with van der Waals surface area (Å²) >= 11 is 0. The normalized spacial score (nSPS) is 17.3. The molecule has 4 N–H and O–H groups in total. The molecule has 0 amide bonds. The fourth-order valence-corrected chi connectivity index (χ4v) is 2.95. The van der Waals surface area contributed by atoms with Gasteiger partial charge in [0.25, 0.3) is 5.41 Å². The van der Waals surface area contributed by atoms with E-state index in [4.69, 9.17) is 20.4 Å². The van der Waals surface area contributed by atoms with E-state index in [1.54, 1.807) is 0 Å². The van der Waals surface area contributed by atoms with Crippen LogP contribution in [-0.4, -0.2) is 44.3 Å². The number of carboxylic acids is 4. The minimum atomic E-state index is -3.36. The Morgan fingerprint density at radius 3 is 1.67 bits per heavy atom. The monoisotopic (exact) mass is 302 g/mol. The van der Waals surface area contributed by atoms with E-state index in [0.29, 0.717) is 6.42 Å². The maximum atomic E-state index is 11.3. The van der Waals surface area contributed by atoms with Gasteiger partial charge in [-0.05, 0) is 18.8 Å². The third-order valence-corrected chi connectivity index (χ3v) is 4.17. The molecule has 118 valence electrons. The van der Waals surface area contributed by atoms with Gasteiger partial charge in [0.1, 0.15) is 0 Å². The van der Waals surface area contributed by atoms with Crippen molar-refractivity contribution in [3.63, 3.8) is 0 Å². The molecule has 0 aliphatic heterocycles. The first-order valence-corrected chi connectivity index (χ1v) is 6.67. The first kappa shape index (κ1) is 16.9. The first-order chi connectivity index (χ1) is 9.74. The molecule has 1 unspecified atom stereocenters. The molecule has 0 bridgehead atoms. The van der Waals surface area contributed by atoms with Gasteiger partial charge >= 0.3 is 23.9 Å².